The third-order valence-corrected chi connectivity index (χ3v) is 6.59. The first-order valence-corrected chi connectivity index (χ1v) is 11.6. The molecule has 0 radical (unpaired) electrons. The van der Waals surface area contributed by atoms with Gasteiger partial charge in [0.2, 0.25) is 5.91 Å². The van der Waals surface area contributed by atoms with Crippen LogP contribution in [0.1, 0.15) is 80.6 Å². The molecule has 0 atom stereocenters. The molecule has 9 nitrogen and oxygen atoms in total. The molecular formula is C28H28N2O7. The molecule has 0 saturated heterocycles. The third kappa shape index (κ3) is 5.95. The van der Waals surface area contributed by atoms with E-state index in [0.717, 1.165) is 25.0 Å². The van der Waals surface area contributed by atoms with Gasteiger partial charge in [0, 0.05) is 5.69 Å². The van der Waals surface area contributed by atoms with Crippen LogP contribution in [0.5, 0.6) is 11.5 Å². The number of primary amides is 1. The van der Waals surface area contributed by atoms with Crippen molar-refractivity contribution in [2.75, 3.05) is 5.32 Å². The van der Waals surface area contributed by atoms with Crippen molar-refractivity contribution in [3.63, 3.8) is 0 Å². The minimum atomic E-state index is -1.54. The maximum atomic E-state index is 12.8. The zero-order valence-electron chi connectivity index (χ0n) is 20.7. The highest BCUT2D eigenvalue weighted by Crippen LogP contribution is 2.33. The Labute approximate surface area is 213 Å². The molecule has 0 unspecified atom stereocenters. The Morgan fingerprint density at radius 1 is 0.784 bits per heavy atom. The molecule has 3 aromatic carbocycles. The third-order valence-electron chi connectivity index (χ3n) is 6.59. The van der Waals surface area contributed by atoms with Crippen LogP contribution in [0.4, 0.5) is 5.69 Å². The fourth-order valence-corrected chi connectivity index (χ4v) is 3.87. The molecule has 0 bridgehead atoms. The lowest BCUT2D eigenvalue weighted by atomic mass is 9.78. The van der Waals surface area contributed by atoms with E-state index in [1.54, 1.807) is 24.3 Å². The largest absolute Gasteiger partial charge is 0.478 e. The predicted octanol–water partition coefficient (Wildman–Crippen LogP) is 5.30. The molecular weight excluding hydrogens is 476 g/mol. The van der Waals surface area contributed by atoms with Gasteiger partial charge in [0.1, 0.15) is 11.5 Å². The number of carboxylic acids is 2. The average Bonchev–Trinajstić information content (AvgIpc) is 2.88. The first-order chi connectivity index (χ1) is 17.5. The standard InChI is InChI=1S/C28H28N2O7/c1-4-28(3,5-2)16-6-10-18(11-7-16)37-19-12-8-17(9-13-19)30-25(32)21-14-20(24(29)31)22(26(33)34)15-23(21)27(35)36/h6-15H,4-5H2,1-3H3,(H2,29,31)(H,30,32)(H,33,34)(H,35,36). The summed E-state index contributed by atoms with van der Waals surface area (Å²) in [4.78, 5) is 47.6. The van der Waals surface area contributed by atoms with Gasteiger partial charge >= 0.3 is 11.9 Å². The van der Waals surface area contributed by atoms with Crippen molar-refractivity contribution in [1.82, 2.24) is 0 Å². The summed E-state index contributed by atoms with van der Waals surface area (Å²) in [6.45, 7) is 6.56. The van der Waals surface area contributed by atoms with Crippen LogP contribution in [0, 0.1) is 0 Å². The first kappa shape index (κ1) is 26.9. The van der Waals surface area contributed by atoms with Gasteiger partial charge in [0.05, 0.1) is 22.3 Å². The Morgan fingerprint density at radius 3 is 1.70 bits per heavy atom. The second-order valence-electron chi connectivity index (χ2n) is 8.79. The number of carbonyl (C=O) groups excluding carboxylic acids is 2. The van der Waals surface area contributed by atoms with Crippen LogP contribution < -0.4 is 15.8 Å². The van der Waals surface area contributed by atoms with Crippen molar-refractivity contribution in [3.05, 3.63) is 88.5 Å². The molecule has 0 saturated carbocycles. The highest BCUT2D eigenvalue weighted by molar-refractivity contribution is 6.14. The molecule has 5 N–H and O–H groups in total. The van der Waals surface area contributed by atoms with Crippen molar-refractivity contribution >= 4 is 29.4 Å². The summed E-state index contributed by atoms with van der Waals surface area (Å²) in [5, 5.41) is 21.3. The summed E-state index contributed by atoms with van der Waals surface area (Å²) in [6, 6.07) is 15.9. The van der Waals surface area contributed by atoms with Gasteiger partial charge in [0.25, 0.3) is 5.91 Å². The molecule has 3 rings (SSSR count). The summed E-state index contributed by atoms with van der Waals surface area (Å²) in [7, 11) is 0. The molecule has 0 fully saturated rings. The summed E-state index contributed by atoms with van der Waals surface area (Å²) >= 11 is 0. The van der Waals surface area contributed by atoms with Gasteiger partial charge in [-0.2, -0.15) is 0 Å². The molecule has 0 aliphatic heterocycles. The number of nitrogens with one attached hydrogen (secondary N) is 1. The van der Waals surface area contributed by atoms with Crippen molar-refractivity contribution in [2.24, 2.45) is 5.73 Å². The van der Waals surface area contributed by atoms with Gasteiger partial charge in [-0.15, -0.1) is 0 Å². The molecule has 9 heteroatoms. The van der Waals surface area contributed by atoms with Gasteiger partial charge < -0.3 is 26.0 Å². The normalized spacial score (nSPS) is 11.0. The summed E-state index contributed by atoms with van der Waals surface area (Å²) in [5.41, 5.74) is 4.83. The average molecular weight is 505 g/mol. The van der Waals surface area contributed by atoms with Crippen LogP contribution in [-0.2, 0) is 5.41 Å². The quantitative estimate of drug-likeness (QED) is 0.292. The highest BCUT2D eigenvalue weighted by Gasteiger charge is 2.25. The second-order valence-corrected chi connectivity index (χ2v) is 8.79. The zero-order valence-corrected chi connectivity index (χ0v) is 20.7. The van der Waals surface area contributed by atoms with E-state index in [0.29, 0.717) is 17.2 Å². The summed E-state index contributed by atoms with van der Waals surface area (Å²) in [6.07, 6.45) is 2.05. The number of rotatable bonds is 10. The lowest BCUT2D eigenvalue weighted by molar-refractivity contribution is 0.0689. The van der Waals surface area contributed by atoms with E-state index < -0.39 is 46.0 Å². The second kappa shape index (κ2) is 10.9. The molecule has 3 aromatic rings. The SMILES string of the molecule is CCC(C)(CC)c1ccc(Oc2ccc(NC(=O)c3cc(C(N)=O)c(C(=O)O)cc3C(=O)O)cc2)cc1. The first-order valence-electron chi connectivity index (χ1n) is 11.6. The van der Waals surface area contributed by atoms with Crippen LogP contribution in [0.3, 0.4) is 0 Å². The monoisotopic (exact) mass is 504 g/mol. The van der Waals surface area contributed by atoms with E-state index in [2.05, 4.69) is 26.1 Å². The number of carbonyl (C=O) groups is 4. The van der Waals surface area contributed by atoms with E-state index in [-0.39, 0.29) is 5.41 Å². The number of amides is 2. The van der Waals surface area contributed by atoms with E-state index in [1.807, 2.05) is 24.3 Å². The molecule has 2 amide bonds. The number of nitrogens with two attached hydrogens (primary N) is 1. The van der Waals surface area contributed by atoms with Gasteiger partial charge in [0.15, 0.2) is 0 Å². The summed E-state index contributed by atoms with van der Waals surface area (Å²) < 4.78 is 5.89. The zero-order chi connectivity index (χ0) is 27.3. The number of anilines is 1. The number of ether oxygens (including phenoxy) is 1. The van der Waals surface area contributed by atoms with E-state index >= 15 is 0 Å². The molecule has 37 heavy (non-hydrogen) atoms. The van der Waals surface area contributed by atoms with Crippen molar-refractivity contribution in [2.45, 2.75) is 39.0 Å². The number of benzene rings is 3. The van der Waals surface area contributed by atoms with Crippen LogP contribution >= 0.6 is 0 Å². The topological polar surface area (TPSA) is 156 Å². The number of carboxylic acid groups (broad SMARTS) is 2. The van der Waals surface area contributed by atoms with E-state index in [1.165, 1.54) is 5.56 Å². The lowest BCUT2D eigenvalue weighted by Crippen LogP contribution is -2.22. The minimum Gasteiger partial charge on any atom is -0.478 e. The van der Waals surface area contributed by atoms with Crippen molar-refractivity contribution < 1.29 is 34.1 Å². The Bertz CT molecular complexity index is 1340. The van der Waals surface area contributed by atoms with Gasteiger partial charge in [-0.25, -0.2) is 9.59 Å². The predicted molar refractivity (Wildman–Crippen MR) is 138 cm³/mol. The van der Waals surface area contributed by atoms with Crippen LogP contribution in [0.25, 0.3) is 0 Å². The van der Waals surface area contributed by atoms with Crippen LogP contribution in [0.15, 0.2) is 60.7 Å². The molecule has 0 aromatic heterocycles. The Kier molecular flexibility index (Phi) is 7.97. The number of hydrogen-bond acceptors (Lipinski definition) is 5. The fourth-order valence-electron chi connectivity index (χ4n) is 3.87. The number of aromatic carboxylic acids is 2. The molecule has 0 heterocycles. The molecule has 0 spiro atoms. The van der Waals surface area contributed by atoms with Crippen molar-refractivity contribution in [3.8, 4) is 11.5 Å². The molecule has 0 aliphatic carbocycles. The smallest absolute Gasteiger partial charge is 0.336 e. The summed E-state index contributed by atoms with van der Waals surface area (Å²) in [5.74, 6) is -3.86. The van der Waals surface area contributed by atoms with E-state index in [9.17, 15) is 29.4 Å². The Balaban J connectivity index is 1.78. The molecule has 192 valence electrons. The minimum absolute atomic E-state index is 0.102. The number of hydrogen-bond donors (Lipinski definition) is 4. The Morgan fingerprint density at radius 2 is 1.24 bits per heavy atom. The van der Waals surface area contributed by atoms with E-state index in [4.69, 9.17) is 10.5 Å². The van der Waals surface area contributed by atoms with Gasteiger partial charge in [-0.05, 0) is 72.4 Å². The van der Waals surface area contributed by atoms with Gasteiger partial charge in [-0.1, -0.05) is 32.9 Å². The van der Waals surface area contributed by atoms with Gasteiger partial charge in [-0.3, -0.25) is 9.59 Å². The fraction of sp³-hybridized carbons (Fsp3) is 0.214. The van der Waals surface area contributed by atoms with Crippen LogP contribution in [0.2, 0.25) is 0 Å². The van der Waals surface area contributed by atoms with Crippen molar-refractivity contribution in [1.29, 1.82) is 0 Å². The lowest BCUT2D eigenvalue weighted by Gasteiger charge is -2.27. The van der Waals surface area contributed by atoms with Crippen LogP contribution in [-0.4, -0.2) is 34.0 Å². The molecule has 0 aliphatic rings. The highest BCUT2D eigenvalue weighted by atomic mass is 16.5. The maximum Gasteiger partial charge on any atom is 0.336 e. The maximum absolute atomic E-state index is 12.8. The Hall–Kier alpha value is -4.66.